The average molecular weight is 202 g/mol. The summed E-state index contributed by atoms with van der Waals surface area (Å²) >= 11 is 0. The third-order valence-corrected chi connectivity index (χ3v) is 1.97. The Hall–Kier alpha value is -2.03. The normalized spacial score (nSPS) is 9.87. The van der Waals surface area contributed by atoms with Crippen molar-refractivity contribution in [1.29, 1.82) is 0 Å². The number of ether oxygens (including phenoxy) is 1. The van der Waals surface area contributed by atoms with Crippen LogP contribution in [-0.4, -0.2) is 5.97 Å². The molecule has 3 nitrogen and oxygen atoms in total. The Morgan fingerprint density at radius 2 is 2.00 bits per heavy atom. The molecule has 1 aromatic carbocycles. The highest BCUT2D eigenvalue weighted by Gasteiger charge is 2.07. The molecule has 0 unspecified atom stereocenters. The zero-order valence-corrected chi connectivity index (χ0v) is 8.05. The van der Waals surface area contributed by atoms with Crippen molar-refractivity contribution in [3.8, 4) is 0 Å². The monoisotopic (exact) mass is 202 g/mol. The molecule has 2 aromatic rings. The molecule has 0 saturated heterocycles. The van der Waals surface area contributed by atoms with Crippen LogP contribution in [0.5, 0.6) is 0 Å². The first kappa shape index (κ1) is 9.52. The van der Waals surface area contributed by atoms with Crippen molar-refractivity contribution in [3.63, 3.8) is 0 Å². The fraction of sp³-hybridized carbons (Fsp3) is 0.0833. The van der Waals surface area contributed by atoms with Crippen LogP contribution in [-0.2, 0) is 11.3 Å². The number of hydrogen-bond acceptors (Lipinski definition) is 3. The third kappa shape index (κ3) is 2.47. The van der Waals surface area contributed by atoms with E-state index in [0.29, 0.717) is 5.56 Å². The molecule has 0 N–H and O–H groups in total. The van der Waals surface area contributed by atoms with Crippen LogP contribution >= 0.6 is 0 Å². The summed E-state index contributed by atoms with van der Waals surface area (Å²) in [6, 6.07) is 11.1. The van der Waals surface area contributed by atoms with E-state index in [4.69, 9.17) is 9.15 Å². The van der Waals surface area contributed by atoms with E-state index in [-0.39, 0.29) is 12.6 Å². The van der Waals surface area contributed by atoms with E-state index in [1.165, 1.54) is 12.5 Å². The SMILES string of the molecule is O=C(OCc1ccccc1)c1ccoc1. The Kier molecular flexibility index (Phi) is 2.83. The molecule has 0 atom stereocenters. The van der Waals surface area contributed by atoms with Gasteiger partial charge in [0.2, 0.25) is 0 Å². The number of hydrogen-bond donors (Lipinski definition) is 0. The number of esters is 1. The van der Waals surface area contributed by atoms with Gasteiger partial charge in [-0.2, -0.15) is 0 Å². The van der Waals surface area contributed by atoms with Gasteiger partial charge in [0.05, 0.1) is 11.8 Å². The lowest BCUT2D eigenvalue weighted by atomic mass is 10.2. The standard InChI is InChI=1S/C12H10O3/c13-12(11-6-7-14-9-11)15-8-10-4-2-1-3-5-10/h1-7,9H,8H2. The minimum Gasteiger partial charge on any atom is -0.472 e. The Morgan fingerprint density at radius 3 is 2.67 bits per heavy atom. The van der Waals surface area contributed by atoms with E-state index in [1.54, 1.807) is 6.07 Å². The van der Waals surface area contributed by atoms with Gasteiger partial charge in [0, 0.05) is 0 Å². The maximum Gasteiger partial charge on any atom is 0.341 e. The number of rotatable bonds is 3. The molecule has 0 aliphatic heterocycles. The van der Waals surface area contributed by atoms with Crippen LogP contribution in [0, 0.1) is 0 Å². The maximum atomic E-state index is 11.4. The molecular weight excluding hydrogens is 192 g/mol. The van der Waals surface area contributed by atoms with Crippen LogP contribution in [0.3, 0.4) is 0 Å². The van der Waals surface area contributed by atoms with Gasteiger partial charge in [-0.05, 0) is 11.6 Å². The summed E-state index contributed by atoms with van der Waals surface area (Å²) in [6.45, 7) is 0.283. The number of carbonyl (C=O) groups is 1. The predicted molar refractivity (Wildman–Crippen MR) is 54.3 cm³/mol. The summed E-state index contributed by atoms with van der Waals surface area (Å²) in [5.41, 5.74) is 1.40. The van der Waals surface area contributed by atoms with Crippen molar-refractivity contribution in [2.24, 2.45) is 0 Å². The predicted octanol–water partition coefficient (Wildman–Crippen LogP) is 2.64. The molecule has 0 aliphatic carbocycles. The lowest BCUT2D eigenvalue weighted by Crippen LogP contribution is -2.03. The first-order chi connectivity index (χ1) is 7.36. The number of carbonyl (C=O) groups excluding carboxylic acids is 1. The highest BCUT2D eigenvalue weighted by molar-refractivity contribution is 5.88. The van der Waals surface area contributed by atoms with Crippen molar-refractivity contribution in [1.82, 2.24) is 0 Å². The first-order valence-electron chi connectivity index (χ1n) is 4.59. The summed E-state index contributed by atoms with van der Waals surface area (Å²) in [6.07, 6.45) is 2.81. The fourth-order valence-electron chi connectivity index (χ4n) is 1.19. The molecule has 0 fully saturated rings. The third-order valence-electron chi connectivity index (χ3n) is 1.97. The van der Waals surface area contributed by atoms with Gasteiger partial charge in [0.25, 0.3) is 0 Å². The molecule has 1 heterocycles. The molecule has 2 rings (SSSR count). The zero-order valence-electron chi connectivity index (χ0n) is 8.05. The first-order valence-corrected chi connectivity index (χ1v) is 4.59. The van der Waals surface area contributed by atoms with Crippen LogP contribution in [0.1, 0.15) is 15.9 Å². The Morgan fingerprint density at radius 1 is 1.20 bits per heavy atom. The van der Waals surface area contributed by atoms with E-state index in [2.05, 4.69) is 0 Å². The second-order valence-electron chi connectivity index (χ2n) is 3.07. The van der Waals surface area contributed by atoms with Gasteiger partial charge in [-0.15, -0.1) is 0 Å². The zero-order chi connectivity index (χ0) is 10.5. The van der Waals surface area contributed by atoms with Crippen LogP contribution in [0.15, 0.2) is 53.3 Å². The Bertz CT molecular complexity index is 417. The van der Waals surface area contributed by atoms with Gasteiger partial charge in [-0.25, -0.2) is 4.79 Å². The van der Waals surface area contributed by atoms with Crippen LogP contribution in [0.2, 0.25) is 0 Å². The summed E-state index contributed by atoms with van der Waals surface area (Å²) in [4.78, 5) is 11.4. The van der Waals surface area contributed by atoms with E-state index in [9.17, 15) is 4.79 Å². The van der Waals surface area contributed by atoms with Gasteiger partial charge < -0.3 is 9.15 Å². The van der Waals surface area contributed by atoms with Crippen molar-refractivity contribution < 1.29 is 13.9 Å². The maximum absolute atomic E-state index is 11.4. The van der Waals surface area contributed by atoms with Gasteiger partial charge in [0.1, 0.15) is 12.9 Å². The fourth-order valence-corrected chi connectivity index (χ4v) is 1.19. The lowest BCUT2D eigenvalue weighted by molar-refractivity contribution is 0.0472. The van der Waals surface area contributed by atoms with Crippen molar-refractivity contribution >= 4 is 5.97 Å². The number of furan rings is 1. The molecular formula is C12H10O3. The molecule has 15 heavy (non-hydrogen) atoms. The van der Waals surface area contributed by atoms with Gasteiger partial charge in [0.15, 0.2) is 0 Å². The Labute approximate surface area is 87.3 Å². The van der Waals surface area contributed by atoms with Gasteiger partial charge in [-0.3, -0.25) is 0 Å². The van der Waals surface area contributed by atoms with Crippen LogP contribution < -0.4 is 0 Å². The molecule has 0 saturated carbocycles. The highest BCUT2D eigenvalue weighted by Crippen LogP contribution is 2.06. The summed E-state index contributed by atoms with van der Waals surface area (Å²) < 4.78 is 9.86. The van der Waals surface area contributed by atoms with E-state index >= 15 is 0 Å². The minimum absolute atomic E-state index is 0.283. The summed E-state index contributed by atoms with van der Waals surface area (Å²) in [5, 5.41) is 0. The summed E-state index contributed by atoms with van der Waals surface area (Å²) in [5.74, 6) is -0.368. The second kappa shape index (κ2) is 4.46. The minimum atomic E-state index is -0.368. The largest absolute Gasteiger partial charge is 0.472 e. The molecule has 3 heteroatoms. The topological polar surface area (TPSA) is 39.4 Å². The smallest absolute Gasteiger partial charge is 0.341 e. The molecule has 76 valence electrons. The van der Waals surface area contributed by atoms with Crippen LogP contribution in [0.4, 0.5) is 0 Å². The van der Waals surface area contributed by atoms with E-state index in [0.717, 1.165) is 5.56 Å². The molecule has 0 amide bonds. The molecule has 1 aromatic heterocycles. The quantitative estimate of drug-likeness (QED) is 0.718. The lowest BCUT2D eigenvalue weighted by Gasteiger charge is -2.02. The van der Waals surface area contributed by atoms with Crippen LogP contribution in [0.25, 0.3) is 0 Å². The van der Waals surface area contributed by atoms with E-state index < -0.39 is 0 Å². The number of benzene rings is 1. The molecule has 0 bridgehead atoms. The molecule has 0 spiro atoms. The summed E-state index contributed by atoms with van der Waals surface area (Å²) in [7, 11) is 0. The highest BCUT2D eigenvalue weighted by atomic mass is 16.5. The van der Waals surface area contributed by atoms with E-state index in [1.807, 2.05) is 30.3 Å². The second-order valence-corrected chi connectivity index (χ2v) is 3.07. The average Bonchev–Trinajstić information content (AvgIpc) is 2.81. The Balaban J connectivity index is 1.92. The van der Waals surface area contributed by atoms with Gasteiger partial charge in [-0.1, -0.05) is 30.3 Å². The molecule has 0 aliphatic rings. The molecule has 0 radical (unpaired) electrons. The van der Waals surface area contributed by atoms with Crippen molar-refractivity contribution in [2.45, 2.75) is 6.61 Å². The van der Waals surface area contributed by atoms with Crippen molar-refractivity contribution in [2.75, 3.05) is 0 Å². The van der Waals surface area contributed by atoms with Gasteiger partial charge >= 0.3 is 5.97 Å². The van der Waals surface area contributed by atoms with Crippen molar-refractivity contribution in [3.05, 3.63) is 60.1 Å².